The molecule has 0 aliphatic heterocycles. The van der Waals surface area contributed by atoms with E-state index in [1.165, 1.54) is 0 Å². The van der Waals surface area contributed by atoms with Crippen molar-refractivity contribution >= 4 is 21.7 Å². The molecule has 0 spiro atoms. The van der Waals surface area contributed by atoms with E-state index in [9.17, 15) is 18.3 Å². The minimum atomic E-state index is -3.91. The molecule has 20 heavy (non-hydrogen) atoms. The largest absolute Gasteiger partial charge is 0.506 e. The molecule has 1 aromatic carbocycles. The van der Waals surface area contributed by atoms with Crippen molar-refractivity contribution in [3.8, 4) is 5.75 Å². The summed E-state index contributed by atoms with van der Waals surface area (Å²) in [6.07, 6.45) is 1.17. The highest BCUT2D eigenvalue weighted by molar-refractivity contribution is 7.89. The lowest BCUT2D eigenvalue weighted by Crippen LogP contribution is -2.29. The molecule has 0 aromatic heterocycles. The SMILES string of the molecule is NS(=O)(=O)c1ccc(O)c(NC(=O)NCCCCO)c1. The van der Waals surface area contributed by atoms with E-state index in [0.29, 0.717) is 19.4 Å². The number of anilines is 1. The number of phenols is 1. The van der Waals surface area contributed by atoms with Crippen LogP contribution in [0.4, 0.5) is 10.5 Å². The number of phenolic OH excluding ortho intramolecular Hbond substituents is 1. The monoisotopic (exact) mass is 303 g/mol. The normalized spacial score (nSPS) is 11.1. The second-order valence-electron chi connectivity index (χ2n) is 4.04. The molecule has 2 amide bonds. The molecule has 0 bridgehead atoms. The van der Waals surface area contributed by atoms with Crippen molar-refractivity contribution in [3.05, 3.63) is 18.2 Å². The van der Waals surface area contributed by atoms with Crippen molar-refractivity contribution < 1.29 is 23.4 Å². The lowest BCUT2D eigenvalue weighted by molar-refractivity contribution is 0.250. The predicted octanol–water partition coefficient (Wildman–Crippen LogP) is -0.0664. The van der Waals surface area contributed by atoms with Crippen LogP contribution in [0.3, 0.4) is 0 Å². The van der Waals surface area contributed by atoms with Gasteiger partial charge in [0.2, 0.25) is 10.0 Å². The number of benzene rings is 1. The summed E-state index contributed by atoms with van der Waals surface area (Å²) in [5.41, 5.74) is -0.0591. The maximum absolute atomic E-state index is 11.5. The highest BCUT2D eigenvalue weighted by atomic mass is 32.2. The fraction of sp³-hybridized carbons (Fsp3) is 0.364. The van der Waals surface area contributed by atoms with Crippen LogP contribution < -0.4 is 15.8 Å². The van der Waals surface area contributed by atoms with Gasteiger partial charge in [0.15, 0.2) is 0 Å². The van der Waals surface area contributed by atoms with Gasteiger partial charge in [0.1, 0.15) is 5.75 Å². The lowest BCUT2D eigenvalue weighted by Gasteiger charge is -2.10. The smallest absolute Gasteiger partial charge is 0.319 e. The molecule has 0 aliphatic carbocycles. The minimum absolute atomic E-state index is 0.0422. The van der Waals surface area contributed by atoms with E-state index in [2.05, 4.69) is 10.6 Å². The molecule has 1 aromatic rings. The van der Waals surface area contributed by atoms with Gasteiger partial charge in [-0.15, -0.1) is 0 Å². The van der Waals surface area contributed by atoms with Crippen LogP contribution in [-0.2, 0) is 10.0 Å². The number of nitrogens with one attached hydrogen (secondary N) is 2. The zero-order valence-corrected chi connectivity index (χ0v) is 11.5. The Morgan fingerprint density at radius 3 is 2.60 bits per heavy atom. The third kappa shape index (κ3) is 5.03. The third-order valence-corrected chi connectivity index (χ3v) is 3.33. The van der Waals surface area contributed by atoms with Crippen LogP contribution in [-0.4, -0.2) is 37.8 Å². The Morgan fingerprint density at radius 2 is 2.00 bits per heavy atom. The molecular weight excluding hydrogens is 286 g/mol. The first-order valence-electron chi connectivity index (χ1n) is 5.86. The molecule has 0 fully saturated rings. The van der Waals surface area contributed by atoms with Crippen LogP contribution in [0.1, 0.15) is 12.8 Å². The van der Waals surface area contributed by atoms with Gasteiger partial charge in [-0.05, 0) is 31.0 Å². The third-order valence-electron chi connectivity index (χ3n) is 2.42. The van der Waals surface area contributed by atoms with Crippen LogP contribution in [0.5, 0.6) is 5.75 Å². The molecule has 0 aliphatic rings. The summed E-state index contributed by atoms with van der Waals surface area (Å²) in [6.45, 7) is 0.391. The minimum Gasteiger partial charge on any atom is -0.506 e. The predicted molar refractivity (Wildman–Crippen MR) is 72.8 cm³/mol. The van der Waals surface area contributed by atoms with E-state index in [-0.39, 0.29) is 22.9 Å². The summed E-state index contributed by atoms with van der Waals surface area (Å²) in [6, 6.07) is 2.73. The van der Waals surface area contributed by atoms with E-state index in [4.69, 9.17) is 10.2 Å². The molecule has 0 saturated heterocycles. The molecule has 112 valence electrons. The molecule has 8 nitrogen and oxygen atoms in total. The van der Waals surface area contributed by atoms with Crippen LogP contribution in [0.15, 0.2) is 23.1 Å². The standard InChI is InChI=1S/C11H17N3O5S/c12-20(18,19)8-3-4-10(16)9(7-8)14-11(17)13-5-1-2-6-15/h3-4,7,15-16H,1-2,5-6H2,(H2,12,18,19)(H2,13,14,17). The van der Waals surface area contributed by atoms with Crippen molar-refractivity contribution in [1.82, 2.24) is 5.32 Å². The van der Waals surface area contributed by atoms with Gasteiger partial charge in [0.25, 0.3) is 0 Å². The first-order chi connectivity index (χ1) is 9.34. The second kappa shape index (κ2) is 7.08. The average molecular weight is 303 g/mol. The van der Waals surface area contributed by atoms with Crippen LogP contribution in [0.25, 0.3) is 0 Å². The average Bonchev–Trinajstić information content (AvgIpc) is 2.36. The first kappa shape index (κ1) is 16.2. The number of rotatable bonds is 6. The van der Waals surface area contributed by atoms with Crippen molar-refractivity contribution in [2.75, 3.05) is 18.5 Å². The Hall–Kier alpha value is -1.84. The van der Waals surface area contributed by atoms with E-state index < -0.39 is 16.1 Å². The summed E-state index contributed by atoms with van der Waals surface area (Å²) in [4.78, 5) is 11.3. The second-order valence-corrected chi connectivity index (χ2v) is 5.60. The fourth-order valence-corrected chi connectivity index (χ4v) is 1.94. The number of aliphatic hydroxyl groups is 1. The van der Waals surface area contributed by atoms with Crippen molar-refractivity contribution in [2.24, 2.45) is 5.14 Å². The van der Waals surface area contributed by atoms with Gasteiger partial charge in [-0.3, -0.25) is 0 Å². The van der Waals surface area contributed by atoms with E-state index in [1.807, 2.05) is 0 Å². The molecule has 0 heterocycles. The Kier molecular flexibility index (Phi) is 5.74. The highest BCUT2D eigenvalue weighted by Crippen LogP contribution is 2.25. The number of nitrogens with two attached hydrogens (primary N) is 1. The fourth-order valence-electron chi connectivity index (χ4n) is 1.40. The Balaban J connectivity index is 2.69. The molecule has 0 saturated carbocycles. The number of hydrogen-bond donors (Lipinski definition) is 5. The van der Waals surface area contributed by atoms with Crippen molar-refractivity contribution in [3.63, 3.8) is 0 Å². The molecule has 0 unspecified atom stereocenters. The maximum atomic E-state index is 11.5. The summed E-state index contributed by atoms with van der Waals surface area (Å²) in [5, 5.41) is 27.9. The van der Waals surface area contributed by atoms with Gasteiger partial charge in [-0.25, -0.2) is 18.4 Å². The van der Waals surface area contributed by atoms with E-state index in [1.54, 1.807) is 0 Å². The Labute approximate surface area is 116 Å². The number of primary sulfonamides is 1. The summed E-state index contributed by atoms with van der Waals surface area (Å²) >= 11 is 0. The Morgan fingerprint density at radius 1 is 1.30 bits per heavy atom. The number of urea groups is 1. The quantitative estimate of drug-likeness (QED) is 0.369. The number of aromatic hydroxyl groups is 1. The summed E-state index contributed by atoms with van der Waals surface area (Å²) in [7, 11) is -3.91. The molecule has 0 radical (unpaired) electrons. The number of sulfonamides is 1. The maximum Gasteiger partial charge on any atom is 0.319 e. The van der Waals surface area contributed by atoms with E-state index in [0.717, 1.165) is 18.2 Å². The molecule has 1 rings (SSSR count). The highest BCUT2D eigenvalue weighted by Gasteiger charge is 2.12. The number of unbranched alkanes of at least 4 members (excludes halogenated alkanes) is 1. The zero-order chi connectivity index (χ0) is 15.2. The first-order valence-corrected chi connectivity index (χ1v) is 7.41. The summed E-state index contributed by atoms with van der Waals surface area (Å²) < 4.78 is 22.3. The van der Waals surface area contributed by atoms with Gasteiger partial charge < -0.3 is 20.8 Å². The number of carbonyl (C=O) groups is 1. The topological polar surface area (TPSA) is 142 Å². The Bertz CT molecular complexity index is 573. The number of aliphatic hydroxyl groups excluding tert-OH is 1. The van der Waals surface area contributed by atoms with Crippen LogP contribution in [0.2, 0.25) is 0 Å². The van der Waals surface area contributed by atoms with Gasteiger partial charge in [0, 0.05) is 13.2 Å². The zero-order valence-electron chi connectivity index (χ0n) is 10.7. The van der Waals surface area contributed by atoms with Gasteiger partial charge in [-0.1, -0.05) is 0 Å². The van der Waals surface area contributed by atoms with Gasteiger partial charge in [-0.2, -0.15) is 0 Å². The van der Waals surface area contributed by atoms with Crippen molar-refractivity contribution in [2.45, 2.75) is 17.7 Å². The van der Waals surface area contributed by atoms with Gasteiger partial charge >= 0.3 is 6.03 Å². The molecule has 0 atom stereocenters. The van der Waals surface area contributed by atoms with Crippen molar-refractivity contribution in [1.29, 1.82) is 0 Å². The summed E-state index contributed by atoms with van der Waals surface area (Å²) in [5.74, 6) is -0.275. The number of amides is 2. The number of hydrogen-bond acceptors (Lipinski definition) is 5. The van der Waals surface area contributed by atoms with E-state index >= 15 is 0 Å². The van der Waals surface area contributed by atoms with Crippen LogP contribution >= 0.6 is 0 Å². The van der Waals surface area contributed by atoms with Gasteiger partial charge in [0.05, 0.1) is 10.6 Å². The van der Waals surface area contributed by atoms with Crippen LogP contribution in [0, 0.1) is 0 Å². The molecule has 6 N–H and O–H groups in total. The number of carbonyl (C=O) groups excluding carboxylic acids is 1. The molecular formula is C11H17N3O5S. The molecule has 9 heteroatoms. The lowest BCUT2D eigenvalue weighted by atomic mass is 10.3.